The molecule has 98 valence electrons. The molecule has 0 amide bonds. The Morgan fingerprint density at radius 3 is 3.00 bits per heavy atom. The van der Waals surface area contributed by atoms with Gasteiger partial charge in [0, 0.05) is 25.3 Å². The highest BCUT2D eigenvalue weighted by molar-refractivity contribution is 9.10. The van der Waals surface area contributed by atoms with Crippen molar-refractivity contribution in [3.05, 3.63) is 22.3 Å². The zero-order chi connectivity index (χ0) is 12.7. The van der Waals surface area contributed by atoms with Gasteiger partial charge in [0.15, 0.2) is 0 Å². The van der Waals surface area contributed by atoms with Gasteiger partial charge in [-0.2, -0.15) is 0 Å². The van der Waals surface area contributed by atoms with Gasteiger partial charge in [0.1, 0.15) is 5.82 Å². The van der Waals surface area contributed by atoms with Crippen molar-refractivity contribution in [1.29, 1.82) is 0 Å². The number of anilines is 1. The van der Waals surface area contributed by atoms with E-state index in [-0.39, 0.29) is 0 Å². The number of rotatable bonds is 1. The lowest BCUT2D eigenvalue weighted by molar-refractivity contribution is 0.260. The standard InChI is InChI=1S/C14H20BrN3/c1-9-5-6-17-14(13(9)15)18-7-10-3-2-4-12(16)11(10)8-18/h5-6,10-12H,2-4,7-8,16H2,1H3. The maximum absolute atomic E-state index is 6.27. The second-order valence-electron chi connectivity index (χ2n) is 5.69. The van der Waals surface area contributed by atoms with Crippen molar-refractivity contribution in [2.75, 3.05) is 18.0 Å². The Labute approximate surface area is 117 Å². The van der Waals surface area contributed by atoms with Gasteiger partial charge in [-0.15, -0.1) is 0 Å². The first-order chi connectivity index (χ1) is 8.66. The number of halogens is 1. The first-order valence-electron chi connectivity index (χ1n) is 6.78. The monoisotopic (exact) mass is 309 g/mol. The van der Waals surface area contributed by atoms with Crippen molar-refractivity contribution in [1.82, 2.24) is 4.98 Å². The third-order valence-electron chi connectivity index (χ3n) is 4.52. The molecule has 1 aliphatic carbocycles. The maximum Gasteiger partial charge on any atom is 0.143 e. The summed E-state index contributed by atoms with van der Waals surface area (Å²) in [7, 11) is 0. The van der Waals surface area contributed by atoms with Crippen molar-refractivity contribution in [3.63, 3.8) is 0 Å². The number of pyridine rings is 1. The van der Waals surface area contributed by atoms with Gasteiger partial charge >= 0.3 is 0 Å². The molecule has 1 saturated carbocycles. The van der Waals surface area contributed by atoms with Crippen LogP contribution < -0.4 is 10.6 Å². The molecule has 3 atom stereocenters. The van der Waals surface area contributed by atoms with E-state index in [1.54, 1.807) is 0 Å². The molecule has 1 saturated heterocycles. The first-order valence-corrected chi connectivity index (χ1v) is 7.57. The predicted octanol–water partition coefficient (Wildman–Crippen LogP) is 2.72. The summed E-state index contributed by atoms with van der Waals surface area (Å²) in [4.78, 5) is 6.96. The van der Waals surface area contributed by atoms with E-state index in [2.05, 4.69) is 32.7 Å². The van der Waals surface area contributed by atoms with Gasteiger partial charge in [-0.3, -0.25) is 0 Å². The fraction of sp³-hybridized carbons (Fsp3) is 0.643. The zero-order valence-electron chi connectivity index (χ0n) is 10.8. The summed E-state index contributed by atoms with van der Waals surface area (Å²) in [5.74, 6) is 2.52. The summed E-state index contributed by atoms with van der Waals surface area (Å²) >= 11 is 3.67. The lowest BCUT2D eigenvalue weighted by atomic mass is 9.78. The average Bonchev–Trinajstić information content (AvgIpc) is 2.78. The van der Waals surface area contributed by atoms with Gasteiger partial charge in [0.2, 0.25) is 0 Å². The highest BCUT2D eigenvalue weighted by Crippen LogP contribution is 2.39. The van der Waals surface area contributed by atoms with E-state index in [1.807, 2.05) is 12.3 Å². The van der Waals surface area contributed by atoms with Gasteiger partial charge < -0.3 is 10.6 Å². The minimum Gasteiger partial charge on any atom is -0.355 e. The van der Waals surface area contributed by atoms with E-state index >= 15 is 0 Å². The van der Waals surface area contributed by atoms with Crippen LogP contribution in [0.2, 0.25) is 0 Å². The molecule has 1 aliphatic heterocycles. The normalized spacial score (nSPS) is 31.5. The Hall–Kier alpha value is -0.610. The minimum absolute atomic E-state index is 0.386. The van der Waals surface area contributed by atoms with Crippen LogP contribution in [0.25, 0.3) is 0 Å². The third-order valence-corrected chi connectivity index (χ3v) is 5.50. The van der Waals surface area contributed by atoms with E-state index in [0.29, 0.717) is 12.0 Å². The van der Waals surface area contributed by atoms with Gasteiger partial charge in [0.05, 0.1) is 4.47 Å². The van der Waals surface area contributed by atoms with Gasteiger partial charge in [-0.1, -0.05) is 6.42 Å². The fourth-order valence-corrected chi connectivity index (χ4v) is 3.92. The molecule has 1 aromatic rings. The molecular formula is C14H20BrN3. The fourth-order valence-electron chi connectivity index (χ4n) is 3.44. The number of aryl methyl sites for hydroxylation is 1. The Kier molecular flexibility index (Phi) is 3.32. The third kappa shape index (κ3) is 2.05. The predicted molar refractivity (Wildman–Crippen MR) is 77.7 cm³/mol. The number of hydrogen-bond acceptors (Lipinski definition) is 3. The molecule has 2 fully saturated rings. The summed E-state index contributed by atoms with van der Waals surface area (Å²) in [5, 5.41) is 0. The van der Waals surface area contributed by atoms with Crippen molar-refractivity contribution in [2.24, 2.45) is 17.6 Å². The topological polar surface area (TPSA) is 42.2 Å². The number of aromatic nitrogens is 1. The first kappa shape index (κ1) is 12.4. The molecule has 0 aromatic carbocycles. The molecule has 1 aromatic heterocycles. The van der Waals surface area contributed by atoms with Crippen LogP contribution in [-0.4, -0.2) is 24.1 Å². The number of nitrogens with two attached hydrogens (primary N) is 1. The molecule has 2 heterocycles. The second kappa shape index (κ2) is 4.82. The van der Waals surface area contributed by atoms with E-state index < -0.39 is 0 Å². The second-order valence-corrected chi connectivity index (χ2v) is 6.48. The van der Waals surface area contributed by atoms with Crippen molar-refractivity contribution < 1.29 is 0 Å². The number of nitrogens with zero attached hydrogens (tertiary/aromatic N) is 2. The summed E-state index contributed by atoms with van der Waals surface area (Å²) in [5.41, 5.74) is 7.52. The van der Waals surface area contributed by atoms with E-state index in [4.69, 9.17) is 5.73 Å². The van der Waals surface area contributed by atoms with Crippen LogP contribution in [0.15, 0.2) is 16.7 Å². The number of fused-ring (bicyclic) bond motifs is 1. The van der Waals surface area contributed by atoms with Crippen LogP contribution in [0.1, 0.15) is 24.8 Å². The lowest BCUT2D eigenvalue weighted by Gasteiger charge is -2.29. The molecule has 0 spiro atoms. The molecule has 3 unspecified atom stereocenters. The highest BCUT2D eigenvalue weighted by Gasteiger charge is 2.39. The van der Waals surface area contributed by atoms with Crippen molar-refractivity contribution in [3.8, 4) is 0 Å². The summed E-state index contributed by atoms with van der Waals surface area (Å²) in [6, 6.07) is 2.43. The van der Waals surface area contributed by atoms with Crippen molar-refractivity contribution in [2.45, 2.75) is 32.2 Å². The van der Waals surface area contributed by atoms with Gasteiger partial charge in [-0.05, 0) is 59.2 Å². The maximum atomic E-state index is 6.27. The molecule has 4 heteroatoms. The van der Waals surface area contributed by atoms with Crippen LogP contribution in [0.3, 0.4) is 0 Å². The number of hydrogen-bond donors (Lipinski definition) is 1. The van der Waals surface area contributed by atoms with E-state index in [1.165, 1.54) is 24.8 Å². The smallest absolute Gasteiger partial charge is 0.143 e. The SMILES string of the molecule is Cc1ccnc(N2CC3CCCC(N)C3C2)c1Br. The summed E-state index contributed by atoms with van der Waals surface area (Å²) in [6.07, 6.45) is 5.71. The van der Waals surface area contributed by atoms with Crippen LogP contribution in [0, 0.1) is 18.8 Å². The van der Waals surface area contributed by atoms with Crippen LogP contribution >= 0.6 is 15.9 Å². The Balaban J connectivity index is 1.85. The van der Waals surface area contributed by atoms with Gasteiger partial charge in [0.25, 0.3) is 0 Å². The minimum atomic E-state index is 0.386. The van der Waals surface area contributed by atoms with Crippen LogP contribution in [-0.2, 0) is 0 Å². The largest absolute Gasteiger partial charge is 0.355 e. The Bertz CT molecular complexity index is 449. The molecule has 2 aliphatic rings. The lowest BCUT2D eigenvalue weighted by Crippen LogP contribution is -2.38. The molecular weight excluding hydrogens is 290 g/mol. The van der Waals surface area contributed by atoms with Gasteiger partial charge in [-0.25, -0.2) is 4.98 Å². The molecule has 0 radical (unpaired) electrons. The highest BCUT2D eigenvalue weighted by atomic mass is 79.9. The zero-order valence-corrected chi connectivity index (χ0v) is 12.4. The summed E-state index contributed by atoms with van der Waals surface area (Å²) in [6.45, 7) is 4.30. The van der Waals surface area contributed by atoms with E-state index in [0.717, 1.165) is 29.3 Å². The molecule has 2 N–H and O–H groups in total. The summed E-state index contributed by atoms with van der Waals surface area (Å²) < 4.78 is 1.14. The Morgan fingerprint density at radius 1 is 1.39 bits per heavy atom. The van der Waals surface area contributed by atoms with Crippen LogP contribution in [0.5, 0.6) is 0 Å². The Morgan fingerprint density at radius 2 is 2.22 bits per heavy atom. The van der Waals surface area contributed by atoms with Crippen LogP contribution in [0.4, 0.5) is 5.82 Å². The quantitative estimate of drug-likeness (QED) is 0.867. The molecule has 0 bridgehead atoms. The molecule has 18 heavy (non-hydrogen) atoms. The molecule has 3 nitrogen and oxygen atoms in total. The molecule has 3 rings (SSSR count). The van der Waals surface area contributed by atoms with Crippen molar-refractivity contribution >= 4 is 21.7 Å². The van der Waals surface area contributed by atoms with E-state index in [9.17, 15) is 0 Å². The average molecular weight is 310 g/mol.